The quantitative estimate of drug-likeness (QED) is 0.677. The molecule has 4 unspecified atom stereocenters. The fraction of sp³-hybridized carbons (Fsp3) is 0.917. The van der Waals surface area contributed by atoms with E-state index in [0.717, 1.165) is 6.54 Å². The van der Waals surface area contributed by atoms with Gasteiger partial charge in [0, 0.05) is 26.7 Å². The summed E-state index contributed by atoms with van der Waals surface area (Å²) < 4.78 is 10.8. The van der Waals surface area contributed by atoms with Crippen molar-refractivity contribution in [3.63, 3.8) is 0 Å². The smallest absolute Gasteiger partial charge is 0.239 e. The molecule has 6 heteroatoms. The molecule has 2 heterocycles. The van der Waals surface area contributed by atoms with Gasteiger partial charge in [0.2, 0.25) is 5.91 Å². The molecule has 2 aliphatic heterocycles. The van der Waals surface area contributed by atoms with Crippen LogP contribution in [0.2, 0.25) is 0 Å². The van der Waals surface area contributed by atoms with Gasteiger partial charge in [0.25, 0.3) is 0 Å². The highest BCUT2D eigenvalue weighted by molar-refractivity contribution is 5.82. The Hall–Kier alpha value is -0.690. The molecule has 1 amide bonds. The van der Waals surface area contributed by atoms with Crippen LogP contribution < -0.4 is 5.32 Å². The highest BCUT2D eigenvalue weighted by atomic mass is 16.5. The number of nitrogens with one attached hydrogen (secondary N) is 1. The monoisotopic (exact) mass is 258 g/mol. The second kappa shape index (κ2) is 5.97. The number of methoxy groups -OCH3 is 1. The lowest BCUT2D eigenvalue weighted by Crippen LogP contribution is -2.54. The molecule has 2 aliphatic rings. The van der Waals surface area contributed by atoms with E-state index in [4.69, 9.17) is 14.6 Å². The van der Waals surface area contributed by atoms with E-state index in [9.17, 15) is 4.79 Å². The zero-order valence-corrected chi connectivity index (χ0v) is 11.0. The van der Waals surface area contributed by atoms with Gasteiger partial charge in [0.1, 0.15) is 0 Å². The molecule has 0 aromatic carbocycles. The van der Waals surface area contributed by atoms with E-state index in [-0.39, 0.29) is 36.9 Å². The summed E-state index contributed by atoms with van der Waals surface area (Å²) in [6.07, 6.45) is 0.535. The van der Waals surface area contributed by atoms with Crippen molar-refractivity contribution in [2.75, 3.05) is 33.4 Å². The number of rotatable bonds is 3. The molecule has 0 bridgehead atoms. The summed E-state index contributed by atoms with van der Waals surface area (Å²) in [7, 11) is 1.66. The highest BCUT2D eigenvalue weighted by Gasteiger charge is 2.35. The average molecular weight is 258 g/mol. The molecule has 2 saturated heterocycles. The number of ether oxygens (including phenoxy) is 2. The molecule has 0 aromatic rings. The maximum Gasteiger partial charge on any atom is 0.239 e. The van der Waals surface area contributed by atoms with E-state index >= 15 is 0 Å². The number of hydrogen-bond donors (Lipinski definition) is 2. The molecule has 4 atom stereocenters. The molecule has 0 aliphatic carbocycles. The largest absolute Gasteiger partial charge is 0.394 e. The predicted octanol–water partition coefficient (Wildman–Crippen LogP) is -1.03. The summed E-state index contributed by atoms with van der Waals surface area (Å²) in [5.41, 5.74) is 0. The van der Waals surface area contributed by atoms with Crippen LogP contribution in [0.25, 0.3) is 0 Å². The third-order valence-corrected chi connectivity index (χ3v) is 3.56. The number of aliphatic hydroxyl groups excluding tert-OH is 1. The van der Waals surface area contributed by atoms with E-state index in [1.807, 2.05) is 6.92 Å². The Morgan fingerprint density at radius 3 is 2.94 bits per heavy atom. The molecule has 0 saturated carbocycles. The number of carbonyl (C=O) groups excluding carboxylic acids is 1. The molecule has 2 fully saturated rings. The van der Waals surface area contributed by atoms with Crippen LogP contribution in [-0.2, 0) is 14.3 Å². The number of morpholine rings is 1. The zero-order chi connectivity index (χ0) is 13.1. The van der Waals surface area contributed by atoms with Gasteiger partial charge in [0.05, 0.1) is 31.0 Å². The summed E-state index contributed by atoms with van der Waals surface area (Å²) in [4.78, 5) is 14.1. The van der Waals surface area contributed by atoms with Crippen LogP contribution >= 0.6 is 0 Å². The van der Waals surface area contributed by atoms with Crippen molar-refractivity contribution in [3.05, 3.63) is 0 Å². The lowest BCUT2D eigenvalue weighted by atomic mass is 10.1. The summed E-state index contributed by atoms with van der Waals surface area (Å²) in [5.74, 6) is 0.0863. The van der Waals surface area contributed by atoms with Gasteiger partial charge in [-0.2, -0.15) is 0 Å². The van der Waals surface area contributed by atoms with Crippen molar-refractivity contribution in [2.45, 2.75) is 37.7 Å². The van der Waals surface area contributed by atoms with E-state index < -0.39 is 0 Å². The molecular weight excluding hydrogens is 236 g/mol. The SMILES string of the molecule is COC1CNC(C(=O)N2CC(C)OC(CO)C2)C1. The Morgan fingerprint density at radius 2 is 2.33 bits per heavy atom. The maximum atomic E-state index is 12.3. The minimum Gasteiger partial charge on any atom is -0.394 e. The molecule has 2 N–H and O–H groups in total. The maximum absolute atomic E-state index is 12.3. The molecule has 0 spiro atoms. The molecule has 0 radical (unpaired) electrons. The van der Waals surface area contributed by atoms with Crippen molar-refractivity contribution >= 4 is 5.91 Å². The van der Waals surface area contributed by atoms with Gasteiger partial charge in [0.15, 0.2) is 0 Å². The second-order valence-corrected chi connectivity index (χ2v) is 5.05. The highest BCUT2D eigenvalue weighted by Crippen LogP contribution is 2.16. The van der Waals surface area contributed by atoms with Gasteiger partial charge in [-0.25, -0.2) is 0 Å². The van der Waals surface area contributed by atoms with Crippen LogP contribution in [0, 0.1) is 0 Å². The van der Waals surface area contributed by atoms with Crippen LogP contribution in [0.3, 0.4) is 0 Å². The number of carbonyl (C=O) groups is 1. The minimum absolute atomic E-state index is 0.0283. The van der Waals surface area contributed by atoms with E-state index in [1.165, 1.54) is 0 Å². The van der Waals surface area contributed by atoms with E-state index in [2.05, 4.69) is 5.32 Å². The standard InChI is InChI=1S/C12H22N2O4/c1-8-5-14(6-10(7-15)18-8)12(16)11-3-9(17-2)4-13-11/h8-11,13,15H,3-7H2,1-2H3. The van der Waals surface area contributed by atoms with Crippen molar-refractivity contribution in [3.8, 4) is 0 Å². The molecule has 18 heavy (non-hydrogen) atoms. The van der Waals surface area contributed by atoms with Crippen LogP contribution in [0.5, 0.6) is 0 Å². The first-order valence-corrected chi connectivity index (χ1v) is 6.45. The Labute approximate surface area is 107 Å². The van der Waals surface area contributed by atoms with Gasteiger partial charge in [-0.3, -0.25) is 4.79 Å². The molecular formula is C12H22N2O4. The van der Waals surface area contributed by atoms with E-state index in [1.54, 1.807) is 12.0 Å². The van der Waals surface area contributed by atoms with Crippen LogP contribution in [0.1, 0.15) is 13.3 Å². The summed E-state index contributed by atoms with van der Waals surface area (Å²) in [5, 5.41) is 12.3. The van der Waals surface area contributed by atoms with Gasteiger partial charge in [-0.1, -0.05) is 0 Å². The zero-order valence-electron chi connectivity index (χ0n) is 11.0. The van der Waals surface area contributed by atoms with E-state index in [0.29, 0.717) is 19.5 Å². The Morgan fingerprint density at radius 1 is 1.56 bits per heavy atom. The van der Waals surface area contributed by atoms with Gasteiger partial charge in [-0.05, 0) is 13.3 Å². The lowest BCUT2D eigenvalue weighted by Gasteiger charge is -2.37. The van der Waals surface area contributed by atoms with Gasteiger partial charge in [-0.15, -0.1) is 0 Å². The topological polar surface area (TPSA) is 71.0 Å². The van der Waals surface area contributed by atoms with Crippen molar-refractivity contribution in [1.82, 2.24) is 10.2 Å². The van der Waals surface area contributed by atoms with Crippen LogP contribution in [0.4, 0.5) is 0 Å². The molecule has 0 aromatic heterocycles. The first-order chi connectivity index (χ1) is 8.63. The van der Waals surface area contributed by atoms with Crippen molar-refractivity contribution < 1.29 is 19.4 Å². The van der Waals surface area contributed by atoms with Crippen LogP contribution in [-0.4, -0.2) is 73.6 Å². The third-order valence-electron chi connectivity index (χ3n) is 3.56. The minimum atomic E-state index is -0.266. The lowest BCUT2D eigenvalue weighted by molar-refractivity contribution is -0.149. The Kier molecular flexibility index (Phi) is 4.55. The average Bonchev–Trinajstić information content (AvgIpc) is 2.85. The number of hydrogen-bond acceptors (Lipinski definition) is 5. The summed E-state index contributed by atoms with van der Waals surface area (Å²) >= 11 is 0. The molecule has 2 rings (SSSR count). The number of nitrogens with zero attached hydrogens (tertiary/aromatic N) is 1. The second-order valence-electron chi connectivity index (χ2n) is 5.05. The fourth-order valence-corrected chi connectivity index (χ4v) is 2.62. The number of amides is 1. The number of aliphatic hydroxyl groups is 1. The van der Waals surface area contributed by atoms with Crippen LogP contribution in [0.15, 0.2) is 0 Å². The first-order valence-electron chi connectivity index (χ1n) is 6.45. The molecule has 6 nitrogen and oxygen atoms in total. The van der Waals surface area contributed by atoms with Gasteiger partial charge < -0.3 is 24.8 Å². The first kappa shape index (κ1) is 13.7. The summed E-state index contributed by atoms with van der Waals surface area (Å²) in [6, 6.07) is -0.167. The Bertz CT molecular complexity index is 300. The van der Waals surface area contributed by atoms with Crippen molar-refractivity contribution in [2.24, 2.45) is 0 Å². The normalized spacial score (nSPS) is 36.9. The van der Waals surface area contributed by atoms with Crippen molar-refractivity contribution in [1.29, 1.82) is 0 Å². The Balaban J connectivity index is 1.92. The third kappa shape index (κ3) is 3.00. The predicted molar refractivity (Wildman–Crippen MR) is 65.2 cm³/mol. The van der Waals surface area contributed by atoms with Gasteiger partial charge >= 0.3 is 0 Å². The molecule has 104 valence electrons. The summed E-state index contributed by atoms with van der Waals surface area (Å²) in [6.45, 7) is 3.64. The fourth-order valence-electron chi connectivity index (χ4n) is 2.62.